The van der Waals surface area contributed by atoms with Crippen LogP contribution in [0.15, 0.2) is 23.1 Å². The van der Waals surface area contributed by atoms with E-state index in [4.69, 9.17) is 9.47 Å². The highest BCUT2D eigenvalue weighted by Crippen LogP contribution is 2.24. The fraction of sp³-hybridized carbons (Fsp3) is 0.538. The first-order valence-electron chi connectivity index (χ1n) is 6.13. The van der Waals surface area contributed by atoms with Gasteiger partial charge in [-0.2, -0.15) is 4.31 Å². The van der Waals surface area contributed by atoms with Gasteiger partial charge >= 0.3 is 0 Å². The highest BCUT2D eigenvalue weighted by molar-refractivity contribution is 7.89. The van der Waals surface area contributed by atoms with E-state index in [-0.39, 0.29) is 17.5 Å². The van der Waals surface area contributed by atoms with Crippen molar-refractivity contribution in [3.63, 3.8) is 0 Å². The van der Waals surface area contributed by atoms with Crippen LogP contribution >= 0.6 is 0 Å². The summed E-state index contributed by atoms with van der Waals surface area (Å²) in [5, 5.41) is 9.26. The van der Waals surface area contributed by atoms with E-state index in [1.165, 1.54) is 43.8 Å². The molecule has 1 unspecified atom stereocenters. The quantitative estimate of drug-likeness (QED) is 0.808. The standard InChI is InChI=1S/C13H21NO5S/c1-10(9-18-3)14(2)20(16,17)12-5-6-13(19-4)11(7-12)8-15/h5-7,10,15H,8-9H2,1-4H3. The molecule has 0 amide bonds. The maximum atomic E-state index is 12.5. The molecule has 0 heterocycles. The molecule has 0 radical (unpaired) electrons. The highest BCUT2D eigenvalue weighted by Gasteiger charge is 2.26. The number of benzene rings is 1. The Kier molecular flexibility index (Phi) is 5.94. The largest absolute Gasteiger partial charge is 0.496 e. The van der Waals surface area contributed by atoms with E-state index in [1.54, 1.807) is 6.92 Å². The van der Waals surface area contributed by atoms with E-state index >= 15 is 0 Å². The number of ether oxygens (including phenoxy) is 2. The fourth-order valence-corrected chi connectivity index (χ4v) is 3.19. The summed E-state index contributed by atoms with van der Waals surface area (Å²) < 4.78 is 36.2. The molecule has 0 aromatic heterocycles. The summed E-state index contributed by atoms with van der Waals surface area (Å²) in [7, 11) is 0.860. The molecule has 0 aliphatic rings. The van der Waals surface area contributed by atoms with Crippen LogP contribution in [0.25, 0.3) is 0 Å². The van der Waals surface area contributed by atoms with Crippen molar-refractivity contribution in [2.75, 3.05) is 27.9 Å². The van der Waals surface area contributed by atoms with Gasteiger partial charge in [0.15, 0.2) is 0 Å². The van der Waals surface area contributed by atoms with Gasteiger partial charge in [-0.05, 0) is 25.1 Å². The van der Waals surface area contributed by atoms with E-state index in [9.17, 15) is 13.5 Å². The van der Waals surface area contributed by atoms with E-state index in [2.05, 4.69) is 0 Å². The van der Waals surface area contributed by atoms with Crippen molar-refractivity contribution in [1.82, 2.24) is 4.31 Å². The lowest BCUT2D eigenvalue weighted by Crippen LogP contribution is -2.37. The molecule has 1 atom stereocenters. The number of rotatable bonds is 7. The van der Waals surface area contributed by atoms with Gasteiger partial charge in [0.05, 0.1) is 25.2 Å². The van der Waals surface area contributed by atoms with Crippen molar-refractivity contribution in [1.29, 1.82) is 0 Å². The minimum atomic E-state index is -3.63. The molecule has 0 fully saturated rings. The summed E-state index contributed by atoms with van der Waals surface area (Å²) in [6.07, 6.45) is 0. The molecule has 0 aliphatic heterocycles. The van der Waals surface area contributed by atoms with Crippen LogP contribution in [0.2, 0.25) is 0 Å². The molecule has 0 saturated carbocycles. The molecule has 7 heteroatoms. The second-order valence-corrected chi connectivity index (χ2v) is 6.45. The Balaban J connectivity index is 3.15. The monoisotopic (exact) mass is 303 g/mol. The summed E-state index contributed by atoms with van der Waals surface area (Å²) in [5.41, 5.74) is 0.432. The third kappa shape index (κ3) is 3.49. The van der Waals surface area contributed by atoms with Gasteiger partial charge in [0.1, 0.15) is 5.75 Å². The first kappa shape index (κ1) is 16.9. The normalized spacial score (nSPS) is 13.5. The maximum Gasteiger partial charge on any atom is 0.243 e. The Labute approximate surface area is 120 Å². The number of nitrogens with zero attached hydrogens (tertiary/aromatic N) is 1. The van der Waals surface area contributed by atoms with Crippen LogP contribution < -0.4 is 4.74 Å². The van der Waals surface area contributed by atoms with Crippen LogP contribution in [-0.4, -0.2) is 51.7 Å². The van der Waals surface area contributed by atoms with Crippen LogP contribution in [0.5, 0.6) is 5.75 Å². The molecule has 1 aromatic carbocycles. The van der Waals surface area contributed by atoms with Crippen molar-refractivity contribution < 1.29 is 23.0 Å². The minimum Gasteiger partial charge on any atom is -0.496 e. The zero-order valence-electron chi connectivity index (χ0n) is 12.2. The lowest BCUT2D eigenvalue weighted by atomic mass is 10.2. The van der Waals surface area contributed by atoms with Crippen LogP contribution in [0.1, 0.15) is 12.5 Å². The zero-order chi connectivity index (χ0) is 15.3. The van der Waals surface area contributed by atoms with Crippen molar-refractivity contribution in [2.24, 2.45) is 0 Å². The lowest BCUT2D eigenvalue weighted by molar-refractivity contribution is 0.149. The predicted molar refractivity (Wildman–Crippen MR) is 75.2 cm³/mol. The summed E-state index contributed by atoms with van der Waals surface area (Å²) in [4.78, 5) is 0.118. The van der Waals surface area contributed by atoms with Gasteiger partial charge in [-0.3, -0.25) is 0 Å². The first-order chi connectivity index (χ1) is 9.38. The molecule has 1 rings (SSSR count). The predicted octanol–water partition coefficient (Wildman–Crippen LogP) is 0.843. The number of likely N-dealkylation sites (N-methyl/N-ethyl adjacent to an activating group) is 1. The van der Waals surface area contributed by atoms with Gasteiger partial charge in [0, 0.05) is 25.8 Å². The van der Waals surface area contributed by atoms with E-state index in [1.807, 2.05) is 0 Å². The van der Waals surface area contributed by atoms with Gasteiger partial charge in [-0.15, -0.1) is 0 Å². The molecule has 20 heavy (non-hydrogen) atoms. The average Bonchev–Trinajstić information content (AvgIpc) is 2.45. The Bertz CT molecular complexity index is 544. The Morgan fingerprint density at radius 1 is 1.35 bits per heavy atom. The highest BCUT2D eigenvalue weighted by atomic mass is 32.2. The molecule has 1 N–H and O–H groups in total. The maximum absolute atomic E-state index is 12.5. The Hall–Kier alpha value is -1.15. The molecule has 0 saturated heterocycles. The molecule has 0 bridgehead atoms. The third-order valence-corrected chi connectivity index (χ3v) is 5.10. The molecule has 0 spiro atoms. The fourth-order valence-electron chi connectivity index (χ4n) is 1.79. The molecular weight excluding hydrogens is 282 g/mol. The van der Waals surface area contributed by atoms with E-state index in [0.717, 1.165) is 0 Å². The van der Waals surface area contributed by atoms with Crippen LogP contribution in [-0.2, 0) is 21.4 Å². The van der Waals surface area contributed by atoms with Crippen molar-refractivity contribution in [3.8, 4) is 5.75 Å². The number of hydrogen-bond donors (Lipinski definition) is 1. The van der Waals surface area contributed by atoms with Gasteiger partial charge in [0.25, 0.3) is 0 Å². The van der Waals surface area contributed by atoms with E-state index < -0.39 is 10.0 Å². The van der Waals surface area contributed by atoms with Crippen LogP contribution in [0.3, 0.4) is 0 Å². The summed E-state index contributed by atoms with van der Waals surface area (Å²) >= 11 is 0. The van der Waals surface area contributed by atoms with Crippen molar-refractivity contribution in [2.45, 2.75) is 24.5 Å². The molecule has 6 nitrogen and oxygen atoms in total. The van der Waals surface area contributed by atoms with Crippen molar-refractivity contribution >= 4 is 10.0 Å². The third-order valence-electron chi connectivity index (χ3n) is 3.13. The molecule has 114 valence electrons. The smallest absolute Gasteiger partial charge is 0.243 e. The van der Waals surface area contributed by atoms with Gasteiger partial charge < -0.3 is 14.6 Å². The molecular formula is C13H21NO5S. The summed E-state index contributed by atoms with van der Waals surface area (Å²) in [6.45, 7) is 1.78. The second kappa shape index (κ2) is 7.03. The number of aliphatic hydroxyl groups is 1. The SMILES string of the molecule is COCC(C)N(C)S(=O)(=O)c1ccc(OC)c(CO)c1. The van der Waals surface area contributed by atoms with Crippen molar-refractivity contribution in [3.05, 3.63) is 23.8 Å². The number of aliphatic hydroxyl groups excluding tert-OH is 1. The van der Waals surface area contributed by atoms with Crippen LogP contribution in [0, 0.1) is 0 Å². The lowest BCUT2D eigenvalue weighted by Gasteiger charge is -2.24. The van der Waals surface area contributed by atoms with Crippen LogP contribution in [0.4, 0.5) is 0 Å². The van der Waals surface area contributed by atoms with Gasteiger partial charge in [-0.1, -0.05) is 0 Å². The minimum absolute atomic E-state index is 0.118. The van der Waals surface area contributed by atoms with Gasteiger partial charge in [-0.25, -0.2) is 8.42 Å². The van der Waals surface area contributed by atoms with Gasteiger partial charge in [0.2, 0.25) is 10.0 Å². The first-order valence-corrected chi connectivity index (χ1v) is 7.57. The number of hydrogen-bond acceptors (Lipinski definition) is 5. The summed E-state index contributed by atoms with van der Waals surface area (Å²) in [5.74, 6) is 0.457. The number of methoxy groups -OCH3 is 2. The molecule has 0 aliphatic carbocycles. The number of sulfonamides is 1. The average molecular weight is 303 g/mol. The topological polar surface area (TPSA) is 76.1 Å². The Morgan fingerprint density at radius 2 is 2.00 bits per heavy atom. The Morgan fingerprint density at radius 3 is 2.50 bits per heavy atom. The van der Waals surface area contributed by atoms with E-state index in [0.29, 0.717) is 17.9 Å². The second-order valence-electron chi connectivity index (χ2n) is 4.46. The molecule has 1 aromatic rings. The summed E-state index contributed by atoms with van der Waals surface area (Å²) in [6, 6.07) is 4.13. The zero-order valence-corrected chi connectivity index (χ0v) is 13.0.